The Morgan fingerprint density at radius 3 is 2.76 bits per heavy atom. The minimum Gasteiger partial charge on any atom is -0.252 e. The van der Waals surface area contributed by atoms with Gasteiger partial charge in [-0.05, 0) is 24.6 Å². The minimum absolute atomic E-state index is 0.335. The number of benzene rings is 1. The van der Waals surface area contributed by atoms with Gasteiger partial charge in [0.1, 0.15) is 5.03 Å². The number of halogens is 2. The van der Waals surface area contributed by atoms with Crippen LogP contribution in [0.1, 0.15) is 6.42 Å². The molecule has 88 valence electrons. The molecule has 0 radical (unpaired) electrons. The molecule has 0 atom stereocenters. The van der Waals surface area contributed by atoms with Gasteiger partial charge in [0.05, 0.1) is 17.2 Å². The van der Waals surface area contributed by atoms with Crippen molar-refractivity contribution in [2.75, 3.05) is 5.75 Å². The second-order valence-corrected chi connectivity index (χ2v) is 4.44. The first-order valence-electron chi connectivity index (χ1n) is 5.11. The van der Waals surface area contributed by atoms with E-state index in [2.05, 4.69) is 9.97 Å². The number of hydrogen-bond acceptors (Lipinski definition) is 3. The van der Waals surface area contributed by atoms with Gasteiger partial charge in [0.2, 0.25) is 0 Å². The Morgan fingerprint density at radius 2 is 2.00 bits per heavy atom. The van der Waals surface area contributed by atoms with Crippen molar-refractivity contribution in [1.29, 1.82) is 0 Å². The van der Waals surface area contributed by atoms with Crippen LogP contribution in [-0.2, 0) is 0 Å². The van der Waals surface area contributed by atoms with Crippen molar-refractivity contribution in [3.05, 3.63) is 42.6 Å². The summed E-state index contributed by atoms with van der Waals surface area (Å²) in [6.07, 6.45) is 1.29. The molecule has 0 aliphatic heterocycles. The molecule has 5 heteroatoms. The van der Waals surface area contributed by atoms with Crippen LogP contribution in [0.5, 0.6) is 0 Å². The molecule has 2 rings (SSSR count). The van der Waals surface area contributed by atoms with Crippen LogP contribution in [0.15, 0.2) is 47.6 Å². The Bertz CT molecular complexity index is 539. The Morgan fingerprint density at radius 1 is 1.24 bits per heavy atom. The maximum absolute atomic E-state index is 11.8. The van der Waals surface area contributed by atoms with E-state index in [9.17, 15) is 8.78 Å². The summed E-state index contributed by atoms with van der Waals surface area (Å²) >= 11 is 1.43. The lowest BCUT2D eigenvalue weighted by atomic mass is 10.3. The van der Waals surface area contributed by atoms with E-state index in [4.69, 9.17) is 0 Å². The van der Waals surface area contributed by atoms with Crippen LogP contribution in [0.4, 0.5) is 8.78 Å². The molecule has 0 fully saturated rings. The van der Waals surface area contributed by atoms with Gasteiger partial charge in [0.25, 0.3) is 6.08 Å². The van der Waals surface area contributed by atoms with Gasteiger partial charge in [0, 0.05) is 5.75 Å². The summed E-state index contributed by atoms with van der Waals surface area (Å²) in [7, 11) is 0. The second-order valence-electron chi connectivity index (χ2n) is 3.33. The molecule has 1 aromatic carbocycles. The number of fused-ring (bicyclic) bond motifs is 1. The first-order chi connectivity index (χ1) is 8.25. The van der Waals surface area contributed by atoms with Gasteiger partial charge < -0.3 is 0 Å². The predicted molar refractivity (Wildman–Crippen MR) is 65.2 cm³/mol. The third kappa shape index (κ3) is 3.49. The van der Waals surface area contributed by atoms with Crippen LogP contribution in [0, 0.1) is 0 Å². The third-order valence-electron chi connectivity index (χ3n) is 2.09. The van der Waals surface area contributed by atoms with Crippen molar-refractivity contribution in [3.8, 4) is 0 Å². The molecular formula is C12H10F2N2S. The first kappa shape index (κ1) is 12.0. The van der Waals surface area contributed by atoms with Crippen LogP contribution in [0.2, 0.25) is 0 Å². The van der Waals surface area contributed by atoms with Crippen molar-refractivity contribution in [2.24, 2.45) is 0 Å². The van der Waals surface area contributed by atoms with E-state index in [0.29, 0.717) is 12.2 Å². The molecule has 2 aromatic rings. The summed E-state index contributed by atoms with van der Waals surface area (Å²) < 4.78 is 23.6. The maximum Gasteiger partial charge on any atom is 0.266 e. The fourth-order valence-electron chi connectivity index (χ4n) is 1.34. The molecule has 0 unspecified atom stereocenters. The largest absolute Gasteiger partial charge is 0.266 e. The molecule has 0 saturated heterocycles. The van der Waals surface area contributed by atoms with Crippen molar-refractivity contribution >= 4 is 22.8 Å². The molecule has 2 nitrogen and oxygen atoms in total. The van der Waals surface area contributed by atoms with Crippen molar-refractivity contribution < 1.29 is 8.78 Å². The van der Waals surface area contributed by atoms with Crippen LogP contribution in [0.3, 0.4) is 0 Å². The van der Waals surface area contributed by atoms with E-state index in [0.717, 1.165) is 22.1 Å². The molecule has 0 aliphatic rings. The van der Waals surface area contributed by atoms with Crippen LogP contribution in [0.25, 0.3) is 11.0 Å². The van der Waals surface area contributed by atoms with Crippen molar-refractivity contribution in [1.82, 2.24) is 9.97 Å². The molecular weight excluding hydrogens is 242 g/mol. The molecule has 0 N–H and O–H groups in total. The number of nitrogens with zero attached hydrogens (tertiary/aromatic N) is 2. The lowest BCUT2D eigenvalue weighted by molar-refractivity contribution is 0.418. The average Bonchev–Trinajstić information content (AvgIpc) is 2.34. The Hall–Kier alpha value is -1.49. The van der Waals surface area contributed by atoms with Gasteiger partial charge in [-0.3, -0.25) is 4.98 Å². The van der Waals surface area contributed by atoms with Crippen molar-refractivity contribution in [3.63, 3.8) is 0 Å². The molecule has 17 heavy (non-hydrogen) atoms. The second kappa shape index (κ2) is 5.72. The van der Waals surface area contributed by atoms with E-state index >= 15 is 0 Å². The summed E-state index contributed by atoms with van der Waals surface area (Å²) in [6, 6.07) is 7.57. The van der Waals surface area contributed by atoms with E-state index < -0.39 is 6.08 Å². The fraction of sp³-hybridized carbons (Fsp3) is 0.167. The lowest BCUT2D eigenvalue weighted by Gasteiger charge is -2.00. The van der Waals surface area contributed by atoms with E-state index in [1.807, 2.05) is 24.3 Å². The zero-order chi connectivity index (χ0) is 12.1. The number of para-hydroxylation sites is 2. The monoisotopic (exact) mass is 252 g/mol. The molecule has 0 spiro atoms. The molecule has 0 aliphatic carbocycles. The smallest absolute Gasteiger partial charge is 0.252 e. The summed E-state index contributed by atoms with van der Waals surface area (Å²) in [4.78, 5) is 8.63. The topological polar surface area (TPSA) is 25.8 Å². The molecule has 0 bridgehead atoms. The molecule has 0 amide bonds. The third-order valence-corrected chi connectivity index (χ3v) is 3.03. The normalized spacial score (nSPS) is 10.5. The summed E-state index contributed by atoms with van der Waals surface area (Å²) in [6.45, 7) is 0. The van der Waals surface area contributed by atoms with Gasteiger partial charge in [0.15, 0.2) is 0 Å². The Labute approximate surface area is 102 Å². The molecule has 0 saturated carbocycles. The average molecular weight is 252 g/mol. The lowest BCUT2D eigenvalue weighted by Crippen LogP contribution is -1.87. The zero-order valence-electron chi connectivity index (χ0n) is 8.94. The van der Waals surface area contributed by atoms with E-state index in [1.54, 1.807) is 6.20 Å². The minimum atomic E-state index is -1.63. The van der Waals surface area contributed by atoms with Crippen LogP contribution >= 0.6 is 11.8 Å². The Balaban J connectivity index is 2.02. The number of rotatable bonds is 4. The maximum atomic E-state index is 11.8. The Kier molecular flexibility index (Phi) is 4.03. The van der Waals surface area contributed by atoms with Gasteiger partial charge in [-0.15, -0.1) is 11.8 Å². The zero-order valence-corrected chi connectivity index (χ0v) is 9.75. The van der Waals surface area contributed by atoms with Gasteiger partial charge >= 0.3 is 0 Å². The molecule has 1 aromatic heterocycles. The predicted octanol–water partition coefficient (Wildman–Crippen LogP) is 3.89. The standard InChI is InChI=1S/C12H10F2N2S/c13-11(14)6-3-7-17-12-8-15-9-4-1-2-5-10(9)16-12/h1-2,4-6,8H,3,7H2. The van der Waals surface area contributed by atoms with Crippen LogP contribution in [-0.4, -0.2) is 15.7 Å². The summed E-state index contributed by atoms with van der Waals surface area (Å²) in [5.41, 5.74) is 1.66. The highest BCUT2D eigenvalue weighted by atomic mass is 32.2. The van der Waals surface area contributed by atoms with E-state index in [-0.39, 0.29) is 0 Å². The first-order valence-corrected chi connectivity index (χ1v) is 6.10. The number of thioether (sulfide) groups is 1. The fourth-order valence-corrected chi connectivity index (χ4v) is 2.08. The van der Waals surface area contributed by atoms with E-state index in [1.165, 1.54) is 11.8 Å². The molecule has 1 heterocycles. The van der Waals surface area contributed by atoms with Crippen LogP contribution < -0.4 is 0 Å². The van der Waals surface area contributed by atoms with Gasteiger partial charge in [-0.25, -0.2) is 4.98 Å². The highest BCUT2D eigenvalue weighted by Crippen LogP contribution is 2.18. The number of hydrogen-bond donors (Lipinski definition) is 0. The SMILES string of the molecule is FC(F)=CCCSc1cnc2ccccc2n1. The van der Waals surface area contributed by atoms with Gasteiger partial charge in [-0.2, -0.15) is 8.78 Å². The van der Waals surface area contributed by atoms with Gasteiger partial charge in [-0.1, -0.05) is 12.1 Å². The highest BCUT2D eigenvalue weighted by molar-refractivity contribution is 7.99. The number of aromatic nitrogens is 2. The summed E-state index contributed by atoms with van der Waals surface area (Å²) in [5, 5.41) is 0.761. The highest BCUT2D eigenvalue weighted by Gasteiger charge is 1.99. The number of allylic oxidation sites excluding steroid dienone is 1. The van der Waals surface area contributed by atoms with Crippen molar-refractivity contribution in [2.45, 2.75) is 11.4 Å². The quantitative estimate of drug-likeness (QED) is 0.609. The summed E-state index contributed by atoms with van der Waals surface area (Å²) in [5.74, 6) is 0.574.